The fraction of sp³-hybridized carbons (Fsp3) is 0.917. The summed E-state index contributed by atoms with van der Waals surface area (Å²) in [7, 11) is 1.43. The summed E-state index contributed by atoms with van der Waals surface area (Å²) in [5, 5.41) is 3.74. The first-order chi connectivity index (χ1) is 8.74. The Labute approximate surface area is 122 Å². The molecule has 0 N–H and O–H groups in total. The van der Waals surface area contributed by atoms with Crippen LogP contribution in [0.3, 0.4) is 0 Å². The number of halogens is 1. The lowest BCUT2D eigenvalue weighted by atomic mass is 10.1. The zero-order chi connectivity index (χ0) is 13.6. The molecule has 0 fully saturated rings. The summed E-state index contributed by atoms with van der Waals surface area (Å²) in [5.41, 5.74) is 8.35. The number of carbonyl (C=O) groups is 1. The Morgan fingerprint density at radius 3 is 2.44 bits per heavy atom. The SMILES string of the molecule is COC(=O)CCCCCCCCC(CI)N=[N+]=[N-]. The monoisotopic (exact) mass is 367 g/mol. The van der Waals surface area contributed by atoms with Gasteiger partial charge in [0.2, 0.25) is 0 Å². The van der Waals surface area contributed by atoms with Crippen molar-refractivity contribution in [2.24, 2.45) is 5.11 Å². The molecule has 0 bridgehead atoms. The summed E-state index contributed by atoms with van der Waals surface area (Å²) in [6.45, 7) is 0. The van der Waals surface area contributed by atoms with Crippen molar-refractivity contribution in [1.29, 1.82) is 0 Å². The molecular formula is C12H22IN3O2. The van der Waals surface area contributed by atoms with Crippen LogP contribution >= 0.6 is 22.6 Å². The van der Waals surface area contributed by atoms with Gasteiger partial charge in [-0.3, -0.25) is 4.79 Å². The first-order valence-electron chi connectivity index (χ1n) is 6.41. The van der Waals surface area contributed by atoms with Crippen LogP contribution in [0.15, 0.2) is 5.11 Å². The van der Waals surface area contributed by atoms with Crippen molar-refractivity contribution in [1.82, 2.24) is 0 Å². The van der Waals surface area contributed by atoms with Crippen molar-refractivity contribution in [3.05, 3.63) is 10.4 Å². The molecule has 6 heteroatoms. The molecule has 0 amide bonds. The molecule has 104 valence electrons. The smallest absolute Gasteiger partial charge is 0.305 e. The van der Waals surface area contributed by atoms with Crippen molar-refractivity contribution in [3.63, 3.8) is 0 Å². The second-order valence-corrected chi connectivity index (χ2v) is 5.13. The van der Waals surface area contributed by atoms with Crippen molar-refractivity contribution in [3.8, 4) is 0 Å². The number of rotatable bonds is 11. The molecule has 0 aromatic rings. The van der Waals surface area contributed by atoms with Crippen molar-refractivity contribution >= 4 is 28.6 Å². The van der Waals surface area contributed by atoms with Crippen molar-refractivity contribution in [2.75, 3.05) is 11.5 Å². The number of hydrogen-bond donors (Lipinski definition) is 0. The molecule has 0 saturated carbocycles. The second kappa shape index (κ2) is 13.0. The normalized spacial score (nSPS) is 11.7. The van der Waals surface area contributed by atoms with E-state index in [2.05, 4.69) is 37.4 Å². The minimum absolute atomic E-state index is 0.116. The Balaban J connectivity index is 3.30. The van der Waals surface area contributed by atoms with Crippen LogP contribution in [0.1, 0.15) is 51.4 Å². The van der Waals surface area contributed by atoms with Gasteiger partial charge in [0.25, 0.3) is 0 Å². The molecule has 0 heterocycles. The van der Waals surface area contributed by atoms with E-state index in [9.17, 15) is 4.79 Å². The summed E-state index contributed by atoms with van der Waals surface area (Å²) in [5.74, 6) is -0.116. The third-order valence-corrected chi connectivity index (χ3v) is 3.81. The van der Waals surface area contributed by atoms with Crippen LogP contribution in [0, 0.1) is 0 Å². The minimum atomic E-state index is -0.116. The number of hydrogen-bond acceptors (Lipinski definition) is 3. The molecule has 0 aliphatic rings. The molecule has 0 radical (unpaired) electrons. The van der Waals surface area contributed by atoms with Crippen LogP contribution in [-0.2, 0) is 9.53 Å². The molecule has 0 rings (SSSR count). The van der Waals surface area contributed by atoms with E-state index in [1.54, 1.807) is 0 Å². The van der Waals surface area contributed by atoms with Gasteiger partial charge in [-0.15, -0.1) is 0 Å². The highest BCUT2D eigenvalue weighted by molar-refractivity contribution is 14.1. The zero-order valence-corrected chi connectivity index (χ0v) is 13.1. The lowest BCUT2D eigenvalue weighted by Crippen LogP contribution is -2.04. The molecular weight excluding hydrogens is 345 g/mol. The quantitative estimate of drug-likeness (QED) is 0.103. The second-order valence-electron chi connectivity index (χ2n) is 4.25. The van der Waals surface area contributed by atoms with Crippen molar-refractivity contribution in [2.45, 2.75) is 57.4 Å². The first-order valence-corrected chi connectivity index (χ1v) is 7.94. The Kier molecular flexibility index (Phi) is 12.6. The molecule has 0 saturated heterocycles. The Morgan fingerprint density at radius 1 is 1.28 bits per heavy atom. The standard InChI is InChI=1S/C12H22IN3O2/c1-18-12(17)9-7-5-3-2-4-6-8-11(10-13)15-16-14/h11H,2-10H2,1H3. The lowest BCUT2D eigenvalue weighted by molar-refractivity contribution is -0.140. The predicted molar refractivity (Wildman–Crippen MR) is 80.8 cm³/mol. The highest BCUT2D eigenvalue weighted by Crippen LogP contribution is 2.12. The van der Waals surface area contributed by atoms with Crippen LogP contribution in [0.4, 0.5) is 0 Å². The molecule has 0 aliphatic carbocycles. The topological polar surface area (TPSA) is 75.1 Å². The van der Waals surface area contributed by atoms with Gasteiger partial charge in [0.05, 0.1) is 7.11 Å². The van der Waals surface area contributed by atoms with E-state index in [4.69, 9.17) is 5.53 Å². The molecule has 1 unspecified atom stereocenters. The summed E-state index contributed by atoms with van der Waals surface area (Å²) < 4.78 is 5.47. The molecule has 5 nitrogen and oxygen atoms in total. The van der Waals surface area contributed by atoms with E-state index in [0.717, 1.165) is 36.5 Å². The van der Waals surface area contributed by atoms with Crippen LogP contribution < -0.4 is 0 Å². The molecule has 0 aliphatic heterocycles. The van der Waals surface area contributed by atoms with E-state index < -0.39 is 0 Å². The maximum Gasteiger partial charge on any atom is 0.305 e. The zero-order valence-electron chi connectivity index (χ0n) is 11.0. The number of azide groups is 1. The molecule has 18 heavy (non-hydrogen) atoms. The maximum absolute atomic E-state index is 10.9. The van der Waals surface area contributed by atoms with Gasteiger partial charge in [0.1, 0.15) is 0 Å². The number of unbranched alkanes of at least 4 members (excludes halogenated alkanes) is 5. The predicted octanol–water partition coefficient (Wildman–Crippen LogP) is 4.39. The van der Waals surface area contributed by atoms with Crippen LogP contribution in [0.5, 0.6) is 0 Å². The summed E-state index contributed by atoms with van der Waals surface area (Å²) >= 11 is 2.25. The number of carbonyl (C=O) groups excluding carboxylic acids is 1. The number of esters is 1. The third kappa shape index (κ3) is 10.7. The molecule has 1 atom stereocenters. The van der Waals surface area contributed by atoms with Crippen molar-refractivity contribution < 1.29 is 9.53 Å². The van der Waals surface area contributed by atoms with Gasteiger partial charge in [-0.1, -0.05) is 59.8 Å². The molecule has 0 aromatic carbocycles. The number of methoxy groups -OCH3 is 1. The third-order valence-electron chi connectivity index (χ3n) is 2.79. The van der Waals surface area contributed by atoms with Gasteiger partial charge >= 0.3 is 5.97 Å². The van der Waals surface area contributed by atoms with Crippen LogP contribution in [0.25, 0.3) is 10.4 Å². The highest BCUT2D eigenvalue weighted by Gasteiger charge is 2.03. The van der Waals surface area contributed by atoms with Gasteiger partial charge in [-0.05, 0) is 18.4 Å². The fourth-order valence-corrected chi connectivity index (χ4v) is 2.31. The fourth-order valence-electron chi connectivity index (χ4n) is 1.70. The average molecular weight is 367 g/mol. The van der Waals surface area contributed by atoms with E-state index in [1.165, 1.54) is 20.0 Å². The Morgan fingerprint density at radius 2 is 1.89 bits per heavy atom. The molecule has 0 aromatic heterocycles. The number of ether oxygens (including phenoxy) is 1. The largest absolute Gasteiger partial charge is 0.469 e. The van der Waals surface area contributed by atoms with Crippen LogP contribution in [-0.4, -0.2) is 23.5 Å². The summed E-state index contributed by atoms with van der Waals surface area (Å²) in [6, 6.07) is 0.148. The Hall–Kier alpha value is -0.490. The van der Waals surface area contributed by atoms with Gasteiger partial charge in [0.15, 0.2) is 0 Å². The van der Waals surface area contributed by atoms with Gasteiger partial charge < -0.3 is 4.74 Å². The average Bonchev–Trinajstić information content (AvgIpc) is 2.40. The van der Waals surface area contributed by atoms with Gasteiger partial charge in [-0.2, -0.15) is 0 Å². The number of nitrogens with zero attached hydrogens (tertiary/aromatic N) is 3. The van der Waals surface area contributed by atoms with E-state index in [1.807, 2.05) is 0 Å². The summed E-state index contributed by atoms with van der Waals surface area (Å²) in [6.07, 6.45) is 8.15. The summed E-state index contributed by atoms with van der Waals surface area (Å²) in [4.78, 5) is 13.7. The molecule has 0 spiro atoms. The maximum atomic E-state index is 10.9. The number of alkyl halides is 1. The highest BCUT2D eigenvalue weighted by atomic mass is 127. The van der Waals surface area contributed by atoms with Crippen LogP contribution in [0.2, 0.25) is 0 Å². The first kappa shape index (κ1) is 17.5. The van der Waals surface area contributed by atoms with E-state index in [-0.39, 0.29) is 12.0 Å². The van der Waals surface area contributed by atoms with E-state index in [0.29, 0.717) is 6.42 Å². The van der Waals surface area contributed by atoms with Gasteiger partial charge in [0, 0.05) is 21.8 Å². The van der Waals surface area contributed by atoms with Gasteiger partial charge in [-0.25, -0.2) is 0 Å². The lowest BCUT2D eigenvalue weighted by Gasteiger charge is -2.06. The minimum Gasteiger partial charge on any atom is -0.469 e. The Bertz CT molecular complexity index is 268. The van der Waals surface area contributed by atoms with E-state index >= 15 is 0 Å².